The molecule has 1 rings (SSSR count). The van der Waals surface area contributed by atoms with Gasteiger partial charge in [-0.1, -0.05) is 20.8 Å². The van der Waals surface area contributed by atoms with E-state index in [0.717, 1.165) is 36.3 Å². The van der Waals surface area contributed by atoms with Crippen LogP contribution in [-0.4, -0.2) is 23.6 Å². The molecule has 0 unspecified atom stereocenters. The average molecular weight is 236 g/mol. The molecule has 4 heteroatoms. The highest BCUT2D eigenvalue weighted by molar-refractivity contribution is 5.47. The molecular weight excluding hydrogens is 212 g/mol. The quantitative estimate of drug-likeness (QED) is 0.715. The molecule has 1 heterocycles. The molecule has 1 aromatic heterocycles. The summed E-state index contributed by atoms with van der Waals surface area (Å²) in [4.78, 5) is 8.82. The van der Waals surface area contributed by atoms with Crippen molar-refractivity contribution in [3.63, 3.8) is 0 Å². The van der Waals surface area contributed by atoms with Crippen LogP contribution in [0.5, 0.6) is 0 Å². The maximum atomic E-state index is 4.45. The summed E-state index contributed by atoms with van der Waals surface area (Å²) in [7, 11) is 1.88. The number of nitrogens with one attached hydrogen (secondary N) is 2. The first-order valence-corrected chi connectivity index (χ1v) is 6.45. The van der Waals surface area contributed by atoms with Crippen molar-refractivity contribution >= 4 is 11.6 Å². The smallest absolute Gasteiger partial charge is 0.132 e. The van der Waals surface area contributed by atoms with E-state index < -0.39 is 0 Å². The first-order valence-electron chi connectivity index (χ1n) is 6.45. The molecule has 0 saturated carbocycles. The molecule has 0 saturated heterocycles. The van der Waals surface area contributed by atoms with Crippen LogP contribution in [0.25, 0.3) is 0 Å². The van der Waals surface area contributed by atoms with Crippen molar-refractivity contribution in [1.29, 1.82) is 0 Å². The Morgan fingerprint density at radius 2 is 1.94 bits per heavy atom. The predicted molar refractivity (Wildman–Crippen MR) is 73.5 cm³/mol. The van der Waals surface area contributed by atoms with Crippen LogP contribution in [-0.2, 0) is 6.42 Å². The SMILES string of the molecule is CCc1nc(NC)cc(NCCCC(C)C)n1. The molecule has 0 spiro atoms. The van der Waals surface area contributed by atoms with E-state index in [9.17, 15) is 0 Å². The van der Waals surface area contributed by atoms with Crippen molar-refractivity contribution in [2.75, 3.05) is 24.2 Å². The molecule has 1 aromatic rings. The van der Waals surface area contributed by atoms with Gasteiger partial charge < -0.3 is 10.6 Å². The fourth-order valence-corrected chi connectivity index (χ4v) is 1.60. The lowest BCUT2D eigenvalue weighted by Gasteiger charge is -2.09. The largest absolute Gasteiger partial charge is 0.373 e. The number of nitrogens with zero attached hydrogens (tertiary/aromatic N) is 2. The van der Waals surface area contributed by atoms with Gasteiger partial charge in [-0.25, -0.2) is 9.97 Å². The molecule has 0 bridgehead atoms. The zero-order valence-corrected chi connectivity index (χ0v) is 11.4. The molecule has 0 aliphatic carbocycles. The highest BCUT2D eigenvalue weighted by atomic mass is 15.1. The van der Waals surface area contributed by atoms with Gasteiger partial charge in [-0.2, -0.15) is 0 Å². The van der Waals surface area contributed by atoms with E-state index in [2.05, 4.69) is 41.4 Å². The van der Waals surface area contributed by atoms with Gasteiger partial charge in [0.1, 0.15) is 17.5 Å². The molecule has 0 aromatic carbocycles. The third-order valence-corrected chi connectivity index (χ3v) is 2.61. The van der Waals surface area contributed by atoms with Crippen LogP contribution in [0.4, 0.5) is 11.6 Å². The average Bonchev–Trinajstić information content (AvgIpc) is 2.34. The fourth-order valence-electron chi connectivity index (χ4n) is 1.60. The monoisotopic (exact) mass is 236 g/mol. The molecule has 0 aliphatic heterocycles. The minimum absolute atomic E-state index is 0.765. The van der Waals surface area contributed by atoms with Gasteiger partial charge in [0.2, 0.25) is 0 Å². The van der Waals surface area contributed by atoms with Crippen molar-refractivity contribution in [1.82, 2.24) is 9.97 Å². The summed E-state index contributed by atoms with van der Waals surface area (Å²) in [5.74, 6) is 3.44. The number of rotatable bonds is 7. The minimum atomic E-state index is 0.765. The van der Waals surface area contributed by atoms with Crippen molar-refractivity contribution < 1.29 is 0 Å². The van der Waals surface area contributed by atoms with Gasteiger partial charge in [-0.05, 0) is 18.8 Å². The summed E-state index contributed by atoms with van der Waals surface area (Å²) in [6.07, 6.45) is 3.28. The van der Waals surface area contributed by atoms with Gasteiger partial charge in [-0.15, -0.1) is 0 Å². The number of hydrogen-bond acceptors (Lipinski definition) is 4. The van der Waals surface area contributed by atoms with Crippen molar-refractivity contribution in [2.24, 2.45) is 5.92 Å². The lowest BCUT2D eigenvalue weighted by Crippen LogP contribution is -2.08. The second kappa shape index (κ2) is 7.09. The van der Waals surface area contributed by atoms with E-state index in [4.69, 9.17) is 0 Å². The van der Waals surface area contributed by atoms with Gasteiger partial charge >= 0.3 is 0 Å². The summed E-state index contributed by atoms with van der Waals surface area (Å²) in [5, 5.41) is 6.42. The molecule has 4 nitrogen and oxygen atoms in total. The molecule has 0 radical (unpaired) electrons. The second-order valence-corrected chi connectivity index (χ2v) is 4.62. The van der Waals surface area contributed by atoms with Gasteiger partial charge in [0.25, 0.3) is 0 Å². The normalized spacial score (nSPS) is 10.6. The molecule has 2 N–H and O–H groups in total. The van der Waals surface area contributed by atoms with E-state index in [0.29, 0.717) is 0 Å². The van der Waals surface area contributed by atoms with Gasteiger partial charge in [0.05, 0.1) is 0 Å². The van der Waals surface area contributed by atoms with Crippen LogP contribution < -0.4 is 10.6 Å². The van der Waals surface area contributed by atoms with E-state index >= 15 is 0 Å². The topological polar surface area (TPSA) is 49.8 Å². The predicted octanol–water partition coefficient (Wildman–Crippen LogP) is 2.93. The third-order valence-electron chi connectivity index (χ3n) is 2.61. The third kappa shape index (κ3) is 5.02. The molecule has 96 valence electrons. The summed E-state index contributed by atoms with van der Waals surface area (Å²) >= 11 is 0. The lowest BCUT2D eigenvalue weighted by atomic mass is 10.1. The summed E-state index contributed by atoms with van der Waals surface area (Å²) in [6.45, 7) is 7.54. The molecule has 0 amide bonds. The van der Waals surface area contributed by atoms with Gasteiger partial charge in [0.15, 0.2) is 0 Å². The highest BCUT2D eigenvalue weighted by Gasteiger charge is 2.02. The first kappa shape index (κ1) is 13.7. The Labute approximate surface area is 104 Å². The number of anilines is 2. The molecule has 0 aliphatic rings. The van der Waals surface area contributed by atoms with Crippen LogP contribution in [0.2, 0.25) is 0 Å². The lowest BCUT2D eigenvalue weighted by molar-refractivity contribution is 0.566. The molecule has 0 fully saturated rings. The van der Waals surface area contributed by atoms with E-state index in [1.54, 1.807) is 0 Å². The zero-order chi connectivity index (χ0) is 12.7. The number of aromatic nitrogens is 2. The first-order chi connectivity index (χ1) is 8.15. The van der Waals surface area contributed by atoms with Crippen molar-refractivity contribution in [2.45, 2.75) is 40.0 Å². The Bertz CT molecular complexity index is 314. The standard InChI is InChI=1S/C13H24N4/c1-5-11-16-12(14-4)9-13(17-11)15-8-6-7-10(2)3/h9-10H,5-8H2,1-4H3,(H2,14,15,16,17). The van der Waals surface area contributed by atoms with E-state index in [1.807, 2.05) is 13.1 Å². The van der Waals surface area contributed by atoms with E-state index in [1.165, 1.54) is 12.8 Å². The van der Waals surface area contributed by atoms with Crippen LogP contribution in [0.3, 0.4) is 0 Å². The van der Waals surface area contributed by atoms with Crippen LogP contribution >= 0.6 is 0 Å². The van der Waals surface area contributed by atoms with E-state index in [-0.39, 0.29) is 0 Å². The van der Waals surface area contributed by atoms with Gasteiger partial charge in [-0.3, -0.25) is 0 Å². The van der Waals surface area contributed by atoms with Crippen LogP contribution in [0.15, 0.2) is 6.07 Å². The number of aryl methyl sites for hydroxylation is 1. The summed E-state index contributed by atoms with van der Waals surface area (Å²) < 4.78 is 0. The van der Waals surface area contributed by atoms with Crippen molar-refractivity contribution in [3.8, 4) is 0 Å². The Hall–Kier alpha value is -1.32. The second-order valence-electron chi connectivity index (χ2n) is 4.62. The molecule has 0 atom stereocenters. The van der Waals surface area contributed by atoms with Gasteiger partial charge in [0, 0.05) is 26.1 Å². The Balaban J connectivity index is 2.51. The zero-order valence-electron chi connectivity index (χ0n) is 11.4. The maximum absolute atomic E-state index is 4.45. The Kier molecular flexibility index (Phi) is 5.73. The fraction of sp³-hybridized carbons (Fsp3) is 0.692. The highest BCUT2D eigenvalue weighted by Crippen LogP contribution is 2.12. The van der Waals surface area contributed by atoms with Crippen molar-refractivity contribution in [3.05, 3.63) is 11.9 Å². The Morgan fingerprint density at radius 3 is 2.53 bits per heavy atom. The molecular formula is C13H24N4. The summed E-state index contributed by atoms with van der Waals surface area (Å²) in [6, 6.07) is 1.95. The minimum Gasteiger partial charge on any atom is -0.373 e. The molecule has 17 heavy (non-hydrogen) atoms. The summed E-state index contributed by atoms with van der Waals surface area (Å²) in [5.41, 5.74) is 0. The maximum Gasteiger partial charge on any atom is 0.132 e. The van der Waals surface area contributed by atoms with Crippen LogP contribution in [0.1, 0.15) is 39.4 Å². The Morgan fingerprint density at radius 1 is 1.24 bits per heavy atom. The van der Waals surface area contributed by atoms with Crippen LogP contribution in [0, 0.1) is 5.92 Å². The number of hydrogen-bond donors (Lipinski definition) is 2.